The van der Waals surface area contributed by atoms with Gasteiger partial charge in [-0.2, -0.15) is 0 Å². The van der Waals surface area contributed by atoms with Crippen molar-refractivity contribution in [3.63, 3.8) is 0 Å². The van der Waals surface area contributed by atoms with Crippen LogP contribution < -0.4 is 0 Å². The Morgan fingerprint density at radius 2 is 1.21 bits per heavy atom. The summed E-state index contributed by atoms with van der Waals surface area (Å²) in [5.41, 5.74) is 0. The van der Waals surface area contributed by atoms with Crippen molar-refractivity contribution in [1.29, 1.82) is 0 Å². The van der Waals surface area contributed by atoms with Gasteiger partial charge in [0.25, 0.3) is 0 Å². The summed E-state index contributed by atoms with van der Waals surface area (Å²) in [5, 5.41) is 0. The van der Waals surface area contributed by atoms with Gasteiger partial charge in [0.2, 0.25) is 0 Å². The molecule has 0 aliphatic rings. The van der Waals surface area contributed by atoms with E-state index in [1.54, 1.807) is 0 Å². The molecule has 90 valence electrons. The molecule has 0 atom stereocenters. The summed E-state index contributed by atoms with van der Waals surface area (Å²) in [7, 11) is -1.86. The molecule has 0 aromatic heterocycles. The Hall–Kier alpha value is 3.10. The van der Waals surface area contributed by atoms with Crippen LogP contribution in [-0.4, -0.2) is 29.6 Å². The second-order valence-electron chi connectivity index (χ2n) is 3.86. The molecule has 0 spiro atoms. The molecule has 0 aliphatic heterocycles. The van der Waals surface area contributed by atoms with Crippen LogP contribution >= 0.6 is 37.0 Å². The zero-order valence-corrected chi connectivity index (χ0v) is 19.9. The van der Waals surface area contributed by atoms with Gasteiger partial charge in [-0.25, -0.2) is 0 Å². The molecule has 0 aliphatic carbocycles. The molecule has 0 nitrogen and oxygen atoms in total. The summed E-state index contributed by atoms with van der Waals surface area (Å²) in [4.78, 5) is 4.96. The Bertz CT molecular complexity index is 129. The SMILES string of the molecule is C[CH2][Sb]([CH3])([I])([I])[CH2]C.C[CH2][Sb]([CH3])[CH2]C. The maximum atomic E-state index is 2.73. The van der Waals surface area contributed by atoms with Crippen LogP contribution in [0.1, 0.15) is 27.7 Å². The van der Waals surface area contributed by atoms with Crippen molar-refractivity contribution in [3.05, 3.63) is 0 Å². The number of hydrogen-bond acceptors (Lipinski definition) is 0. The molecule has 0 saturated heterocycles. The zero-order valence-electron chi connectivity index (χ0n) is 10.5. The molecule has 0 radical (unpaired) electrons. The fourth-order valence-corrected chi connectivity index (χ4v) is 3.00. The number of halogens is 2. The average molecular weight is 644 g/mol. The summed E-state index contributed by atoms with van der Waals surface area (Å²) < 4.78 is 5.90. The molecule has 0 amide bonds. The Morgan fingerprint density at radius 1 is 0.929 bits per heavy atom. The first-order chi connectivity index (χ1) is 6.20. The molecule has 0 aromatic rings. The van der Waals surface area contributed by atoms with E-state index >= 15 is 0 Å². The van der Waals surface area contributed by atoms with E-state index in [-0.39, 0.29) is 0 Å². The van der Waals surface area contributed by atoms with Crippen LogP contribution in [0.15, 0.2) is 0 Å². The summed E-state index contributed by atoms with van der Waals surface area (Å²) in [6, 6.07) is 0. The Morgan fingerprint density at radius 3 is 1.21 bits per heavy atom. The fraction of sp³-hybridized carbons (Fsp3) is 1.00. The van der Waals surface area contributed by atoms with Gasteiger partial charge in [0.15, 0.2) is 0 Å². The molecule has 0 rings (SSSR count). The normalized spacial score (nSPS) is 14.2. The topological polar surface area (TPSA) is 0 Å². The molecule has 0 bridgehead atoms. The van der Waals surface area contributed by atoms with Gasteiger partial charge in [-0.15, -0.1) is 0 Å². The van der Waals surface area contributed by atoms with Crippen molar-refractivity contribution in [2.75, 3.05) is 0 Å². The van der Waals surface area contributed by atoms with E-state index in [4.69, 9.17) is 0 Å². The fourth-order valence-electron chi connectivity index (χ4n) is 0.447. The number of hydrogen-bond donors (Lipinski definition) is 0. The molecule has 0 aromatic carbocycles. The van der Waals surface area contributed by atoms with Crippen LogP contribution in [-0.2, 0) is 0 Å². The summed E-state index contributed by atoms with van der Waals surface area (Å²) in [6.45, 7) is 9.27. The summed E-state index contributed by atoms with van der Waals surface area (Å²) in [6.07, 6.45) is 0. The molecule has 0 fully saturated rings. The van der Waals surface area contributed by atoms with Crippen LogP contribution in [0.3, 0.4) is 0 Å². The van der Waals surface area contributed by atoms with Gasteiger partial charge >= 0.3 is 121 Å². The van der Waals surface area contributed by atoms with Crippen molar-refractivity contribution in [1.82, 2.24) is 0 Å². The third kappa shape index (κ3) is 13.2. The van der Waals surface area contributed by atoms with Crippen LogP contribution in [0.4, 0.5) is 0 Å². The molecular formula is C10H26I2Sb2. The van der Waals surface area contributed by atoms with Crippen molar-refractivity contribution in [3.8, 4) is 0 Å². The molecule has 14 heavy (non-hydrogen) atoms. The van der Waals surface area contributed by atoms with E-state index in [1.165, 1.54) is 17.5 Å². The van der Waals surface area contributed by atoms with Gasteiger partial charge in [0, 0.05) is 0 Å². The van der Waals surface area contributed by atoms with E-state index in [0.29, 0.717) is 0 Å². The minimum absolute atomic E-state index is 0.511. The number of rotatable bonds is 4. The van der Waals surface area contributed by atoms with E-state index in [9.17, 15) is 0 Å². The van der Waals surface area contributed by atoms with Gasteiger partial charge in [0.1, 0.15) is 0 Å². The maximum absolute atomic E-state index is 2.73. The van der Waals surface area contributed by atoms with Crippen molar-refractivity contribution >= 4 is 66.6 Å². The molecule has 4 heteroatoms. The Labute approximate surface area is 119 Å². The molecule has 0 N–H and O–H groups in total. The first-order valence-corrected chi connectivity index (χ1v) is 32.5. The monoisotopic (exact) mass is 642 g/mol. The minimum atomic E-state index is -1.86. The zero-order chi connectivity index (χ0) is 11.9. The van der Waals surface area contributed by atoms with Crippen LogP contribution in [0.2, 0.25) is 27.2 Å². The molecular weight excluding hydrogens is 617 g/mol. The van der Waals surface area contributed by atoms with Crippen molar-refractivity contribution in [2.45, 2.75) is 54.9 Å². The molecule has 0 saturated carbocycles. The van der Waals surface area contributed by atoms with Gasteiger partial charge in [-0.3, -0.25) is 0 Å². The van der Waals surface area contributed by atoms with E-state index in [0.717, 1.165) is 0 Å². The van der Waals surface area contributed by atoms with Crippen molar-refractivity contribution in [2.24, 2.45) is 0 Å². The van der Waals surface area contributed by atoms with Gasteiger partial charge < -0.3 is 0 Å². The average Bonchev–Trinajstić information content (AvgIpc) is 2.17. The van der Waals surface area contributed by atoms with Gasteiger partial charge in [-0.05, 0) is 0 Å². The van der Waals surface area contributed by atoms with E-state index < -0.39 is 29.6 Å². The van der Waals surface area contributed by atoms with Crippen LogP contribution in [0.5, 0.6) is 0 Å². The standard InChI is InChI=1S/4C2H5.2CH3.2HI.2Sb/c4*1-2;;;;;;/h4*1H2,2H3;2*1H3;2*1H;;/q;;;;;;;;;+2/p-2. The third-order valence-corrected chi connectivity index (χ3v) is 36.0. The van der Waals surface area contributed by atoms with E-state index in [1.807, 2.05) is 0 Å². The first kappa shape index (κ1) is 19.4. The molecule has 0 heterocycles. The van der Waals surface area contributed by atoms with Crippen LogP contribution in [0.25, 0.3) is 0 Å². The quantitative estimate of drug-likeness (QED) is 0.258. The third-order valence-electron chi connectivity index (χ3n) is 2.64. The second kappa shape index (κ2) is 9.08. The Balaban J connectivity index is 0. The summed E-state index contributed by atoms with van der Waals surface area (Å²) in [5.74, 6) is 0. The van der Waals surface area contributed by atoms with Gasteiger partial charge in [0.05, 0.1) is 0 Å². The first-order valence-electron chi connectivity index (χ1n) is 5.33. The predicted molar refractivity (Wildman–Crippen MR) is 93.2 cm³/mol. The summed E-state index contributed by atoms with van der Waals surface area (Å²) >= 11 is 4.94. The Kier molecular flexibility index (Phi) is 12.6. The van der Waals surface area contributed by atoms with Crippen LogP contribution in [0, 0.1) is 0 Å². The second-order valence-corrected chi connectivity index (χ2v) is 76.0. The van der Waals surface area contributed by atoms with Gasteiger partial charge in [-0.1, -0.05) is 0 Å². The predicted octanol–water partition coefficient (Wildman–Crippen LogP) is 6.07. The molecule has 0 unspecified atom stereocenters. The van der Waals surface area contributed by atoms with Crippen molar-refractivity contribution < 1.29 is 0 Å². The van der Waals surface area contributed by atoms with E-state index in [2.05, 4.69) is 74.4 Å².